The van der Waals surface area contributed by atoms with Gasteiger partial charge in [-0.05, 0) is 24.6 Å². The van der Waals surface area contributed by atoms with E-state index < -0.39 is 5.63 Å². The van der Waals surface area contributed by atoms with Crippen molar-refractivity contribution in [2.45, 2.75) is 13.8 Å². The van der Waals surface area contributed by atoms with Gasteiger partial charge in [-0.1, -0.05) is 0 Å². The van der Waals surface area contributed by atoms with Gasteiger partial charge in [-0.3, -0.25) is 4.79 Å². The fraction of sp³-hybridized carbons (Fsp3) is 0.167. The maximum atomic E-state index is 11.3. The summed E-state index contributed by atoms with van der Waals surface area (Å²) in [5.74, 6) is -0.488. The predicted molar refractivity (Wildman–Crippen MR) is 63.2 cm³/mol. The van der Waals surface area contributed by atoms with E-state index in [1.165, 1.54) is 19.1 Å². The zero-order valence-electron chi connectivity index (χ0n) is 9.40. The molecule has 1 heterocycles. The first kappa shape index (κ1) is 11.2. The van der Waals surface area contributed by atoms with Crippen molar-refractivity contribution in [3.05, 3.63) is 34.2 Å². The highest BCUT2D eigenvalue weighted by Crippen LogP contribution is 2.32. The second kappa shape index (κ2) is 3.93. The van der Waals surface area contributed by atoms with Crippen LogP contribution in [0.1, 0.15) is 12.5 Å². The van der Waals surface area contributed by atoms with Crippen LogP contribution in [-0.2, 0) is 4.79 Å². The minimum Gasteiger partial charge on any atom is -0.506 e. The van der Waals surface area contributed by atoms with Crippen molar-refractivity contribution in [3.63, 3.8) is 0 Å². The maximum absolute atomic E-state index is 11.3. The Hall–Kier alpha value is -2.30. The molecule has 1 aromatic heterocycles. The Labute approximate surface area is 96.7 Å². The molecule has 0 fully saturated rings. The first-order valence-corrected chi connectivity index (χ1v) is 5.03. The molecule has 1 aromatic carbocycles. The highest BCUT2D eigenvalue weighted by Gasteiger charge is 2.12. The van der Waals surface area contributed by atoms with Crippen LogP contribution in [0.15, 0.2) is 27.4 Å². The number of aromatic hydroxyl groups is 1. The van der Waals surface area contributed by atoms with Gasteiger partial charge in [0.2, 0.25) is 5.91 Å². The van der Waals surface area contributed by atoms with E-state index in [4.69, 9.17) is 4.42 Å². The van der Waals surface area contributed by atoms with Gasteiger partial charge in [-0.25, -0.2) is 4.79 Å². The number of fused-ring (bicyclic) bond motifs is 1. The summed E-state index contributed by atoms with van der Waals surface area (Å²) in [6, 6.07) is 4.44. The summed E-state index contributed by atoms with van der Waals surface area (Å²) in [7, 11) is 0. The van der Waals surface area contributed by atoms with Crippen molar-refractivity contribution in [3.8, 4) is 5.75 Å². The molecule has 0 aliphatic heterocycles. The van der Waals surface area contributed by atoms with Crippen molar-refractivity contribution in [2.75, 3.05) is 5.32 Å². The molecule has 5 heteroatoms. The van der Waals surface area contributed by atoms with Crippen LogP contribution in [0.5, 0.6) is 5.75 Å². The van der Waals surface area contributed by atoms with Gasteiger partial charge in [-0.2, -0.15) is 0 Å². The SMILES string of the molecule is CC(=O)Nc1c(O)ccc2c(C)cc(=O)oc12. The number of carbonyl (C=O) groups is 1. The summed E-state index contributed by atoms with van der Waals surface area (Å²) in [6.45, 7) is 3.07. The Morgan fingerprint density at radius 3 is 2.76 bits per heavy atom. The van der Waals surface area contributed by atoms with Crippen LogP contribution in [0.4, 0.5) is 5.69 Å². The van der Waals surface area contributed by atoms with E-state index in [-0.39, 0.29) is 22.9 Å². The molecule has 0 spiro atoms. The summed E-state index contributed by atoms with van der Waals surface area (Å²) in [4.78, 5) is 22.3. The maximum Gasteiger partial charge on any atom is 0.336 e. The molecular formula is C12H11NO4. The lowest BCUT2D eigenvalue weighted by atomic mass is 10.1. The Bertz CT molecular complexity index is 657. The minimum absolute atomic E-state index is 0.121. The van der Waals surface area contributed by atoms with Crippen LogP contribution in [0.3, 0.4) is 0 Å². The predicted octanol–water partition coefficient (Wildman–Crippen LogP) is 1.77. The van der Waals surface area contributed by atoms with Crippen LogP contribution in [-0.4, -0.2) is 11.0 Å². The molecule has 0 aliphatic carbocycles. The summed E-state index contributed by atoms with van der Waals surface area (Å²) in [5, 5.41) is 12.8. The fourth-order valence-corrected chi connectivity index (χ4v) is 1.67. The van der Waals surface area contributed by atoms with Gasteiger partial charge in [0.25, 0.3) is 0 Å². The minimum atomic E-state index is -0.521. The molecule has 2 N–H and O–H groups in total. The molecule has 2 aromatic rings. The van der Waals surface area contributed by atoms with Gasteiger partial charge in [0.1, 0.15) is 11.4 Å². The number of rotatable bonds is 1. The molecule has 0 unspecified atom stereocenters. The van der Waals surface area contributed by atoms with Crippen LogP contribution < -0.4 is 10.9 Å². The number of phenols is 1. The smallest absolute Gasteiger partial charge is 0.336 e. The lowest BCUT2D eigenvalue weighted by Gasteiger charge is -2.08. The zero-order valence-corrected chi connectivity index (χ0v) is 9.40. The molecule has 88 valence electrons. The number of anilines is 1. The lowest BCUT2D eigenvalue weighted by Crippen LogP contribution is -2.08. The van der Waals surface area contributed by atoms with Gasteiger partial charge >= 0.3 is 5.63 Å². The molecule has 0 aliphatic rings. The van der Waals surface area contributed by atoms with Crippen LogP contribution in [0.25, 0.3) is 11.0 Å². The third-order valence-corrected chi connectivity index (χ3v) is 2.40. The number of hydrogen-bond donors (Lipinski definition) is 2. The summed E-state index contributed by atoms with van der Waals surface area (Å²) in [5.41, 5.74) is 0.510. The van der Waals surface area contributed by atoms with Crippen LogP contribution in [0.2, 0.25) is 0 Å². The standard InChI is InChI=1S/C12H11NO4/c1-6-5-10(16)17-12-8(6)3-4-9(15)11(12)13-7(2)14/h3-5,15H,1-2H3,(H,13,14). The molecular weight excluding hydrogens is 222 g/mol. The molecule has 1 amide bonds. The number of carbonyl (C=O) groups excluding carboxylic acids is 1. The van der Waals surface area contributed by atoms with Crippen molar-refractivity contribution in [1.29, 1.82) is 0 Å². The normalized spacial score (nSPS) is 10.5. The van der Waals surface area contributed by atoms with Gasteiger partial charge in [0, 0.05) is 18.4 Å². The number of aryl methyl sites for hydroxylation is 1. The monoisotopic (exact) mass is 233 g/mol. The van der Waals surface area contributed by atoms with E-state index in [1.54, 1.807) is 13.0 Å². The number of benzene rings is 1. The average Bonchev–Trinajstić information content (AvgIpc) is 2.21. The quantitative estimate of drug-likeness (QED) is 0.581. The van der Waals surface area contributed by atoms with E-state index in [1.807, 2.05) is 0 Å². The third-order valence-electron chi connectivity index (χ3n) is 2.40. The second-order valence-corrected chi connectivity index (χ2v) is 3.77. The molecule has 0 bridgehead atoms. The third kappa shape index (κ3) is 1.99. The Morgan fingerprint density at radius 2 is 2.12 bits per heavy atom. The van der Waals surface area contributed by atoms with Gasteiger partial charge < -0.3 is 14.8 Å². The van der Waals surface area contributed by atoms with Crippen molar-refractivity contribution in [2.24, 2.45) is 0 Å². The number of nitrogens with one attached hydrogen (secondary N) is 1. The number of phenolic OH excluding ortho intramolecular Hbond substituents is 1. The second-order valence-electron chi connectivity index (χ2n) is 3.77. The van der Waals surface area contributed by atoms with Crippen molar-refractivity contribution < 1.29 is 14.3 Å². The molecule has 0 radical (unpaired) electrons. The summed E-state index contributed by atoms with van der Waals surface area (Å²) < 4.78 is 5.03. The highest BCUT2D eigenvalue weighted by atomic mass is 16.4. The fourth-order valence-electron chi connectivity index (χ4n) is 1.67. The Kier molecular flexibility index (Phi) is 2.59. The topological polar surface area (TPSA) is 79.5 Å². The average molecular weight is 233 g/mol. The van der Waals surface area contributed by atoms with Gasteiger partial charge in [0.15, 0.2) is 5.58 Å². The summed E-state index contributed by atoms with van der Waals surface area (Å²) >= 11 is 0. The van der Waals surface area contributed by atoms with E-state index in [9.17, 15) is 14.7 Å². The number of hydrogen-bond acceptors (Lipinski definition) is 4. The molecule has 0 saturated carbocycles. The van der Waals surface area contributed by atoms with Crippen molar-refractivity contribution >= 4 is 22.6 Å². The van der Waals surface area contributed by atoms with E-state index >= 15 is 0 Å². The first-order valence-electron chi connectivity index (χ1n) is 5.03. The molecule has 5 nitrogen and oxygen atoms in total. The summed E-state index contributed by atoms with van der Waals surface area (Å²) in [6.07, 6.45) is 0. The largest absolute Gasteiger partial charge is 0.506 e. The molecule has 0 atom stereocenters. The van der Waals surface area contributed by atoms with Crippen LogP contribution in [0, 0.1) is 6.92 Å². The van der Waals surface area contributed by atoms with E-state index in [0.29, 0.717) is 5.39 Å². The Morgan fingerprint density at radius 1 is 1.41 bits per heavy atom. The molecule has 0 saturated heterocycles. The molecule has 2 rings (SSSR count). The molecule has 17 heavy (non-hydrogen) atoms. The van der Waals surface area contributed by atoms with Gasteiger partial charge in [0.05, 0.1) is 0 Å². The highest BCUT2D eigenvalue weighted by molar-refractivity contribution is 6.01. The van der Waals surface area contributed by atoms with Crippen LogP contribution >= 0.6 is 0 Å². The van der Waals surface area contributed by atoms with E-state index in [0.717, 1.165) is 5.56 Å². The lowest BCUT2D eigenvalue weighted by molar-refractivity contribution is -0.114. The van der Waals surface area contributed by atoms with Crippen molar-refractivity contribution in [1.82, 2.24) is 0 Å². The Balaban J connectivity index is 2.84. The first-order chi connectivity index (χ1) is 7.99. The van der Waals surface area contributed by atoms with Gasteiger partial charge in [-0.15, -0.1) is 0 Å². The number of amides is 1. The van der Waals surface area contributed by atoms with E-state index in [2.05, 4.69) is 5.32 Å². The zero-order chi connectivity index (χ0) is 12.6.